The van der Waals surface area contributed by atoms with E-state index < -0.39 is 5.97 Å². The van der Waals surface area contributed by atoms with Crippen LogP contribution in [0.15, 0.2) is 0 Å². The van der Waals surface area contributed by atoms with Gasteiger partial charge in [-0.2, -0.15) is 0 Å². The van der Waals surface area contributed by atoms with Gasteiger partial charge in [-0.25, -0.2) is 0 Å². The minimum absolute atomic E-state index is 0.184. The first-order valence-electron chi connectivity index (χ1n) is 7.67. The highest BCUT2D eigenvalue weighted by molar-refractivity contribution is 5.74. The van der Waals surface area contributed by atoms with Gasteiger partial charge in [0.25, 0.3) is 0 Å². The maximum Gasteiger partial charge on any atom is 0.321 e. The molecule has 102 valence electrons. The van der Waals surface area contributed by atoms with Crippen molar-refractivity contribution in [2.24, 2.45) is 11.3 Å². The van der Waals surface area contributed by atoms with Gasteiger partial charge in [0, 0.05) is 13.1 Å². The Kier molecular flexibility index (Phi) is 3.35. The number of carboxylic acid groups (broad SMARTS) is 1. The highest BCUT2D eigenvalue weighted by Crippen LogP contribution is 2.47. The van der Waals surface area contributed by atoms with E-state index in [0.29, 0.717) is 11.3 Å². The van der Waals surface area contributed by atoms with Gasteiger partial charge in [0.15, 0.2) is 0 Å². The van der Waals surface area contributed by atoms with Crippen molar-refractivity contribution in [1.82, 2.24) is 4.90 Å². The third-order valence-corrected chi connectivity index (χ3v) is 5.48. The van der Waals surface area contributed by atoms with Gasteiger partial charge in [-0.15, -0.1) is 0 Å². The summed E-state index contributed by atoms with van der Waals surface area (Å²) >= 11 is 0. The molecular weight excluding hydrogens is 226 g/mol. The molecule has 0 amide bonds. The summed E-state index contributed by atoms with van der Waals surface area (Å²) in [5.41, 5.74) is 0.516. The highest BCUT2D eigenvalue weighted by atomic mass is 16.4. The Morgan fingerprint density at radius 3 is 2.22 bits per heavy atom. The van der Waals surface area contributed by atoms with E-state index in [9.17, 15) is 9.90 Å². The Labute approximate surface area is 110 Å². The summed E-state index contributed by atoms with van der Waals surface area (Å²) in [7, 11) is 0. The number of carbonyl (C=O) groups is 1. The predicted molar refractivity (Wildman–Crippen MR) is 70.5 cm³/mol. The number of hydrogen-bond donors (Lipinski definition) is 1. The topological polar surface area (TPSA) is 40.5 Å². The van der Waals surface area contributed by atoms with Crippen molar-refractivity contribution in [3.63, 3.8) is 0 Å². The zero-order valence-corrected chi connectivity index (χ0v) is 11.2. The van der Waals surface area contributed by atoms with Gasteiger partial charge < -0.3 is 5.11 Å². The van der Waals surface area contributed by atoms with E-state index in [-0.39, 0.29) is 6.04 Å². The van der Waals surface area contributed by atoms with Crippen molar-refractivity contribution >= 4 is 5.97 Å². The van der Waals surface area contributed by atoms with Crippen LogP contribution in [0.2, 0.25) is 0 Å². The van der Waals surface area contributed by atoms with Crippen LogP contribution in [0.5, 0.6) is 0 Å². The molecule has 1 aliphatic heterocycles. The van der Waals surface area contributed by atoms with Crippen LogP contribution in [-0.2, 0) is 4.79 Å². The van der Waals surface area contributed by atoms with E-state index in [0.717, 1.165) is 25.9 Å². The molecule has 1 spiro atoms. The van der Waals surface area contributed by atoms with Crippen LogP contribution in [0.3, 0.4) is 0 Å². The molecule has 2 aliphatic carbocycles. The van der Waals surface area contributed by atoms with Crippen LogP contribution in [0.4, 0.5) is 0 Å². The zero-order valence-electron chi connectivity index (χ0n) is 11.2. The van der Waals surface area contributed by atoms with Crippen molar-refractivity contribution in [2.45, 2.75) is 63.8 Å². The maximum atomic E-state index is 11.6. The fourth-order valence-corrected chi connectivity index (χ4v) is 4.56. The highest BCUT2D eigenvalue weighted by Gasteiger charge is 2.49. The van der Waals surface area contributed by atoms with Crippen LogP contribution in [0, 0.1) is 11.3 Å². The van der Waals surface area contributed by atoms with Crippen LogP contribution in [0.1, 0.15) is 57.8 Å². The molecule has 0 aromatic heterocycles. The first-order chi connectivity index (χ1) is 8.70. The Morgan fingerprint density at radius 2 is 1.67 bits per heavy atom. The fourth-order valence-electron chi connectivity index (χ4n) is 4.56. The predicted octanol–water partition coefficient (Wildman–Crippen LogP) is 2.90. The molecular formula is C15H25NO2. The summed E-state index contributed by atoms with van der Waals surface area (Å²) in [6.45, 7) is 2.11. The second kappa shape index (κ2) is 4.84. The van der Waals surface area contributed by atoms with Crippen molar-refractivity contribution < 1.29 is 9.90 Å². The van der Waals surface area contributed by atoms with E-state index in [1.54, 1.807) is 0 Å². The average Bonchev–Trinajstić information content (AvgIpc) is 2.79. The smallest absolute Gasteiger partial charge is 0.321 e. The second-order valence-electron chi connectivity index (χ2n) is 6.79. The third-order valence-electron chi connectivity index (χ3n) is 5.48. The standard InChI is InChI=1S/C15H25NO2/c17-14(18)13(12-6-2-1-3-7-12)16-10-15(11-16)8-4-5-9-15/h12-13H,1-11H2,(H,17,18). The molecule has 1 N–H and O–H groups in total. The molecule has 0 aromatic carbocycles. The second-order valence-corrected chi connectivity index (χ2v) is 6.79. The largest absolute Gasteiger partial charge is 0.480 e. The Balaban J connectivity index is 1.62. The van der Waals surface area contributed by atoms with Gasteiger partial charge in [-0.1, -0.05) is 32.1 Å². The lowest BCUT2D eigenvalue weighted by molar-refractivity contribution is -0.153. The van der Waals surface area contributed by atoms with Crippen LogP contribution >= 0.6 is 0 Å². The number of likely N-dealkylation sites (tertiary alicyclic amines) is 1. The van der Waals surface area contributed by atoms with Gasteiger partial charge in [0.1, 0.15) is 6.04 Å². The summed E-state index contributed by atoms with van der Waals surface area (Å²) in [6, 6.07) is -0.184. The molecule has 3 heteroatoms. The molecule has 0 radical (unpaired) electrons. The summed E-state index contributed by atoms with van der Waals surface area (Å²) < 4.78 is 0. The molecule has 18 heavy (non-hydrogen) atoms. The third kappa shape index (κ3) is 2.18. The van der Waals surface area contributed by atoms with Crippen LogP contribution < -0.4 is 0 Å². The molecule has 1 heterocycles. The quantitative estimate of drug-likeness (QED) is 0.838. The fraction of sp³-hybridized carbons (Fsp3) is 0.933. The molecule has 1 saturated heterocycles. The van der Waals surface area contributed by atoms with Crippen molar-refractivity contribution in [1.29, 1.82) is 0 Å². The van der Waals surface area contributed by atoms with Crippen molar-refractivity contribution in [2.75, 3.05) is 13.1 Å². The number of rotatable bonds is 3. The first-order valence-corrected chi connectivity index (χ1v) is 7.67. The Bertz CT molecular complexity index is 308. The van der Waals surface area contributed by atoms with Gasteiger partial charge in [0.05, 0.1) is 0 Å². The molecule has 0 bridgehead atoms. The van der Waals surface area contributed by atoms with E-state index in [2.05, 4.69) is 4.90 Å². The summed E-state index contributed by atoms with van der Waals surface area (Å²) in [4.78, 5) is 13.9. The van der Waals surface area contributed by atoms with Crippen molar-refractivity contribution in [3.8, 4) is 0 Å². The van der Waals surface area contributed by atoms with Crippen LogP contribution in [0.25, 0.3) is 0 Å². The molecule has 3 aliphatic rings. The van der Waals surface area contributed by atoms with Gasteiger partial charge in [-0.3, -0.25) is 9.69 Å². The van der Waals surface area contributed by atoms with E-state index in [1.165, 1.54) is 44.9 Å². The molecule has 1 unspecified atom stereocenters. The van der Waals surface area contributed by atoms with E-state index >= 15 is 0 Å². The molecule has 3 fully saturated rings. The minimum atomic E-state index is -0.574. The Morgan fingerprint density at radius 1 is 1.06 bits per heavy atom. The zero-order chi connectivity index (χ0) is 12.6. The summed E-state index contributed by atoms with van der Waals surface area (Å²) in [5, 5.41) is 9.55. The molecule has 2 saturated carbocycles. The van der Waals surface area contributed by atoms with Gasteiger partial charge >= 0.3 is 5.97 Å². The van der Waals surface area contributed by atoms with Gasteiger partial charge in [-0.05, 0) is 37.0 Å². The van der Waals surface area contributed by atoms with E-state index in [1.807, 2.05) is 0 Å². The first kappa shape index (κ1) is 12.5. The Hall–Kier alpha value is -0.570. The SMILES string of the molecule is O=C(O)C(C1CCCCC1)N1CC2(CCCC2)C1. The van der Waals surface area contributed by atoms with Gasteiger partial charge in [0.2, 0.25) is 0 Å². The van der Waals surface area contributed by atoms with Crippen molar-refractivity contribution in [3.05, 3.63) is 0 Å². The number of carboxylic acids is 1. The summed E-state index contributed by atoms with van der Waals surface area (Å²) in [5.74, 6) is -0.162. The normalized spacial score (nSPS) is 30.2. The lowest BCUT2D eigenvalue weighted by atomic mass is 9.74. The van der Waals surface area contributed by atoms with Crippen LogP contribution in [-0.4, -0.2) is 35.1 Å². The monoisotopic (exact) mass is 251 g/mol. The molecule has 3 rings (SSSR count). The number of hydrogen-bond acceptors (Lipinski definition) is 2. The average molecular weight is 251 g/mol. The molecule has 1 atom stereocenters. The number of aliphatic carboxylic acids is 1. The minimum Gasteiger partial charge on any atom is -0.480 e. The number of nitrogens with zero attached hydrogens (tertiary/aromatic N) is 1. The maximum absolute atomic E-state index is 11.6. The lowest BCUT2D eigenvalue weighted by Crippen LogP contribution is -2.62. The summed E-state index contributed by atoms with van der Waals surface area (Å²) in [6.07, 6.45) is 11.4. The molecule has 3 nitrogen and oxygen atoms in total. The molecule has 0 aromatic rings. The van der Waals surface area contributed by atoms with E-state index in [4.69, 9.17) is 0 Å². The lowest BCUT2D eigenvalue weighted by Gasteiger charge is -2.52.